The largest absolute Gasteiger partial charge is 0.497 e. The number of hydrogen-bond acceptors (Lipinski definition) is 7. The van der Waals surface area contributed by atoms with Crippen LogP contribution in [0.3, 0.4) is 0 Å². The van der Waals surface area contributed by atoms with Crippen molar-refractivity contribution >= 4 is 28.9 Å². The van der Waals surface area contributed by atoms with Crippen LogP contribution in [0, 0.1) is 11.3 Å². The number of methoxy groups -OCH3 is 1. The van der Waals surface area contributed by atoms with Gasteiger partial charge in [-0.25, -0.2) is 9.78 Å². The minimum Gasteiger partial charge on any atom is -0.497 e. The van der Waals surface area contributed by atoms with Gasteiger partial charge < -0.3 is 19.4 Å². The Kier molecular flexibility index (Phi) is 9.35. The van der Waals surface area contributed by atoms with Crippen molar-refractivity contribution in [2.75, 3.05) is 14.2 Å². The topological polar surface area (TPSA) is 138 Å². The Hall–Kier alpha value is -4.39. The highest BCUT2D eigenvalue weighted by Gasteiger charge is 2.33. The highest BCUT2D eigenvalue weighted by molar-refractivity contribution is 6.04. The van der Waals surface area contributed by atoms with E-state index in [-0.39, 0.29) is 11.7 Å². The zero-order chi connectivity index (χ0) is 26.1. The zero-order valence-electron chi connectivity index (χ0n) is 20.6. The zero-order valence-corrected chi connectivity index (χ0v) is 20.6. The maximum Gasteiger partial charge on any atom is 0.322 e. The van der Waals surface area contributed by atoms with Crippen LogP contribution in [0.15, 0.2) is 40.9 Å². The quantitative estimate of drug-likeness (QED) is 0.532. The lowest BCUT2D eigenvalue weighted by atomic mass is 10.1. The second-order valence-electron chi connectivity index (χ2n) is 6.96. The number of hydrogen-bond donors (Lipinski definition) is 2. The number of pyridine rings is 1. The van der Waals surface area contributed by atoms with Crippen molar-refractivity contribution in [2.45, 2.75) is 40.3 Å². The first-order chi connectivity index (χ1) is 16.9. The number of nitriles is 1. The van der Waals surface area contributed by atoms with Crippen molar-refractivity contribution in [1.29, 1.82) is 5.26 Å². The standard InChI is InChI=1S/C11H6N4O3.C10H11NO2.2C2H6/c12-3-5-1-6-2-7(18-10(6)13-4-5)8-9(16)15-11(17)14-8;1-11-6-7-3-4-8(13-2)5-9(7)10(11)12;2*1-2/h1-2,4,8H,(H2,14,15,16,17);3-5H,6H2,1-2H3;2*1-2H3. The van der Waals surface area contributed by atoms with E-state index in [1.54, 1.807) is 37.3 Å². The van der Waals surface area contributed by atoms with Crippen LogP contribution in [0.5, 0.6) is 5.75 Å². The molecule has 10 nitrogen and oxygen atoms in total. The van der Waals surface area contributed by atoms with Crippen molar-refractivity contribution in [1.82, 2.24) is 20.5 Å². The van der Waals surface area contributed by atoms with E-state index in [9.17, 15) is 14.4 Å². The van der Waals surface area contributed by atoms with Crippen molar-refractivity contribution in [3.63, 3.8) is 0 Å². The SMILES string of the molecule is CC.CC.COc1ccc2c(c1)C(=O)N(C)C2.N#Cc1cnc2oc(C3NC(=O)NC3=O)cc2c1. The predicted molar refractivity (Wildman–Crippen MR) is 130 cm³/mol. The van der Waals surface area contributed by atoms with Gasteiger partial charge in [0, 0.05) is 30.7 Å². The van der Waals surface area contributed by atoms with E-state index in [0.717, 1.165) is 16.9 Å². The lowest BCUT2D eigenvalue weighted by molar-refractivity contribution is -0.120. The molecule has 184 valence electrons. The average molecular weight is 480 g/mol. The molecule has 0 saturated carbocycles. The molecule has 2 aliphatic heterocycles. The van der Waals surface area contributed by atoms with Crippen molar-refractivity contribution in [3.05, 3.63) is 59.0 Å². The second kappa shape index (κ2) is 12.2. The number of ether oxygens (including phenoxy) is 1. The van der Waals surface area contributed by atoms with Gasteiger partial charge in [-0.3, -0.25) is 14.9 Å². The van der Waals surface area contributed by atoms with Crippen molar-refractivity contribution in [2.24, 2.45) is 0 Å². The summed E-state index contributed by atoms with van der Waals surface area (Å²) < 4.78 is 10.4. The Labute approximate surface area is 203 Å². The van der Waals surface area contributed by atoms with Gasteiger partial charge in [-0.15, -0.1) is 0 Å². The van der Waals surface area contributed by atoms with Gasteiger partial charge in [0.05, 0.1) is 12.7 Å². The lowest BCUT2D eigenvalue weighted by Gasteiger charge is -2.04. The molecular weight excluding hydrogens is 450 g/mol. The first-order valence-corrected chi connectivity index (χ1v) is 11.2. The van der Waals surface area contributed by atoms with Gasteiger partial charge in [0.1, 0.15) is 17.6 Å². The Morgan fingerprint density at radius 2 is 1.86 bits per heavy atom. The molecule has 2 N–H and O–H groups in total. The third-order valence-corrected chi connectivity index (χ3v) is 4.88. The van der Waals surface area contributed by atoms with Gasteiger partial charge in [-0.1, -0.05) is 33.8 Å². The van der Waals surface area contributed by atoms with E-state index in [1.807, 2.05) is 45.9 Å². The summed E-state index contributed by atoms with van der Waals surface area (Å²) in [5.74, 6) is 0.631. The van der Waals surface area contributed by atoms with Crippen LogP contribution in [0.4, 0.5) is 4.79 Å². The molecule has 10 heteroatoms. The van der Waals surface area contributed by atoms with Crippen LogP contribution < -0.4 is 15.4 Å². The Bertz CT molecular complexity index is 1260. The number of nitrogens with one attached hydrogen (secondary N) is 2. The van der Waals surface area contributed by atoms with Gasteiger partial charge in [0.2, 0.25) is 5.71 Å². The third kappa shape index (κ3) is 5.95. The molecule has 1 fully saturated rings. The number of aromatic nitrogens is 1. The second-order valence-corrected chi connectivity index (χ2v) is 6.96. The van der Waals surface area contributed by atoms with Gasteiger partial charge in [-0.2, -0.15) is 5.26 Å². The highest BCUT2D eigenvalue weighted by atomic mass is 16.5. The molecule has 1 atom stereocenters. The van der Waals surface area contributed by atoms with Crippen LogP contribution in [-0.2, 0) is 11.3 Å². The predicted octanol–water partition coefficient (Wildman–Crippen LogP) is 3.91. The Morgan fingerprint density at radius 3 is 2.46 bits per heavy atom. The summed E-state index contributed by atoms with van der Waals surface area (Å²) in [5, 5.41) is 13.9. The number of carbonyl (C=O) groups excluding carboxylic acids is 3. The number of furan rings is 1. The summed E-state index contributed by atoms with van der Waals surface area (Å²) in [6, 6.07) is 9.35. The van der Waals surface area contributed by atoms with E-state index in [2.05, 4.69) is 15.6 Å². The maximum absolute atomic E-state index is 11.5. The van der Waals surface area contributed by atoms with Crippen molar-refractivity contribution in [3.8, 4) is 11.8 Å². The summed E-state index contributed by atoms with van der Waals surface area (Å²) in [6.07, 6.45) is 1.38. The molecule has 1 unspecified atom stereocenters. The molecule has 2 aromatic heterocycles. The number of fused-ring (bicyclic) bond motifs is 2. The Morgan fingerprint density at radius 1 is 1.14 bits per heavy atom. The first kappa shape index (κ1) is 26.9. The summed E-state index contributed by atoms with van der Waals surface area (Å²) in [6.45, 7) is 8.71. The molecule has 0 spiro atoms. The van der Waals surface area contributed by atoms with Crippen LogP contribution in [-0.4, -0.2) is 41.9 Å². The smallest absolute Gasteiger partial charge is 0.322 e. The molecule has 5 rings (SSSR count). The Balaban J connectivity index is 0.000000225. The fourth-order valence-electron chi connectivity index (χ4n) is 3.33. The first-order valence-electron chi connectivity index (χ1n) is 11.2. The molecule has 4 amide bonds. The number of benzene rings is 1. The van der Waals surface area contributed by atoms with Crippen LogP contribution >= 0.6 is 0 Å². The third-order valence-electron chi connectivity index (χ3n) is 4.88. The maximum atomic E-state index is 11.5. The fraction of sp³-hybridized carbons (Fsp3) is 0.320. The van der Waals surface area contributed by atoms with Gasteiger partial charge in [0.15, 0.2) is 6.04 Å². The van der Waals surface area contributed by atoms with Crippen LogP contribution in [0.1, 0.15) is 61.0 Å². The van der Waals surface area contributed by atoms with E-state index in [0.29, 0.717) is 23.2 Å². The summed E-state index contributed by atoms with van der Waals surface area (Å²) in [7, 11) is 3.40. The fourth-order valence-corrected chi connectivity index (χ4v) is 3.33. The molecule has 0 aliphatic carbocycles. The summed E-state index contributed by atoms with van der Waals surface area (Å²) >= 11 is 0. The van der Waals surface area contributed by atoms with E-state index in [1.165, 1.54) is 6.20 Å². The summed E-state index contributed by atoms with van der Waals surface area (Å²) in [5.41, 5.74) is 2.56. The minimum absolute atomic E-state index is 0.0777. The number of amides is 4. The molecule has 1 saturated heterocycles. The normalized spacial score (nSPS) is 15.3. The number of imide groups is 1. The van der Waals surface area contributed by atoms with Crippen LogP contribution in [0.25, 0.3) is 11.1 Å². The number of urea groups is 1. The van der Waals surface area contributed by atoms with Gasteiger partial charge >= 0.3 is 6.03 Å². The van der Waals surface area contributed by atoms with Crippen LogP contribution in [0.2, 0.25) is 0 Å². The average Bonchev–Trinajstić information content (AvgIpc) is 3.55. The van der Waals surface area contributed by atoms with E-state index < -0.39 is 18.0 Å². The number of nitrogens with zero attached hydrogens (tertiary/aromatic N) is 3. The molecular formula is C25H29N5O5. The van der Waals surface area contributed by atoms with E-state index >= 15 is 0 Å². The molecule has 35 heavy (non-hydrogen) atoms. The minimum atomic E-state index is -0.850. The lowest BCUT2D eigenvalue weighted by Crippen LogP contribution is -2.22. The molecule has 4 heterocycles. The molecule has 0 radical (unpaired) electrons. The number of carbonyl (C=O) groups is 3. The number of rotatable bonds is 2. The monoisotopic (exact) mass is 479 g/mol. The van der Waals surface area contributed by atoms with Gasteiger partial charge in [0.25, 0.3) is 11.8 Å². The highest BCUT2D eigenvalue weighted by Crippen LogP contribution is 2.26. The molecule has 1 aromatic carbocycles. The summed E-state index contributed by atoms with van der Waals surface area (Å²) in [4.78, 5) is 39.7. The molecule has 0 bridgehead atoms. The molecule has 3 aromatic rings. The molecule has 2 aliphatic rings. The van der Waals surface area contributed by atoms with E-state index in [4.69, 9.17) is 14.4 Å². The van der Waals surface area contributed by atoms with Gasteiger partial charge in [-0.05, 0) is 29.8 Å². The van der Waals surface area contributed by atoms with Crippen molar-refractivity contribution < 1.29 is 23.5 Å².